The fraction of sp³-hybridized carbons (Fsp3) is 1.00. The standard InChI is InChI=1S/C11H22N2O/c1-10(8-14-2)13-7-3-4-11(13)5-6-12-9-11/h10,12H,3-9H2,1-2H3. The van der Waals surface area contributed by atoms with Crippen LogP contribution in [0.3, 0.4) is 0 Å². The molecule has 2 saturated heterocycles. The Kier molecular flexibility index (Phi) is 3.10. The van der Waals surface area contributed by atoms with Gasteiger partial charge >= 0.3 is 0 Å². The molecule has 0 bridgehead atoms. The van der Waals surface area contributed by atoms with Crippen molar-refractivity contribution in [1.82, 2.24) is 10.2 Å². The van der Waals surface area contributed by atoms with Crippen LogP contribution in [0.1, 0.15) is 26.2 Å². The van der Waals surface area contributed by atoms with Gasteiger partial charge in [0, 0.05) is 25.2 Å². The molecule has 0 saturated carbocycles. The van der Waals surface area contributed by atoms with E-state index in [0.717, 1.165) is 6.61 Å². The zero-order valence-corrected chi connectivity index (χ0v) is 9.38. The molecule has 2 aliphatic heterocycles. The first-order valence-electron chi connectivity index (χ1n) is 5.75. The third-order valence-electron chi connectivity index (χ3n) is 3.81. The van der Waals surface area contributed by atoms with Crippen LogP contribution in [0.15, 0.2) is 0 Å². The molecule has 0 radical (unpaired) electrons. The van der Waals surface area contributed by atoms with Crippen LogP contribution in [0.25, 0.3) is 0 Å². The first-order chi connectivity index (χ1) is 6.78. The van der Waals surface area contributed by atoms with Crippen LogP contribution in [0, 0.1) is 0 Å². The van der Waals surface area contributed by atoms with Gasteiger partial charge in [-0.1, -0.05) is 0 Å². The minimum atomic E-state index is 0.470. The third-order valence-corrected chi connectivity index (χ3v) is 3.81. The van der Waals surface area contributed by atoms with Gasteiger partial charge in [-0.15, -0.1) is 0 Å². The van der Waals surface area contributed by atoms with Crippen LogP contribution in [0.5, 0.6) is 0 Å². The highest BCUT2D eigenvalue weighted by atomic mass is 16.5. The minimum absolute atomic E-state index is 0.470. The van der Waals surface area contributed by atoms with Crippen molar-refractivity contribution in [3.05, 3.63) is 0 Å². The van der Waals surface area contributed by atoms with E-state index in [2.05, 4.69) is 17.1 Å². The normalized spacial score (nSPS) is 35.6. The lowest BCUT2D eigenvalue weighted by molar-refractivity contribution is 0.0521. The summed E-state index contributed by atoms with van der Waals surface area (Å²) in [5.41, 5.74) is 0.470. The Morgan fingerprint density at radius 2 is 2.36 bits per heavy atom. The molecule has 3 heteroatoms. The average molecular weight is 198 g/mol. The van der Waals surface area contributed by atoms with Crippen LogP contribution in [0.4, 0.5) is 0 Å². The Labute approximate surface area is 86.8 Å². The molecular weight excluding hydrogens is 176 g/mol. The Hall–Kier alpha value is -0.120. The molecule has 2 rings (SSSR count). The summed E-state index contributed by atoms with van der Waals surface area (Å²) in [6, 6.07) is 0.572. The van der Waals surface area contributed by atoms with Crippen LogP contribution in [-0.2, 0) is 4.74 Å². The fourth-order valence-corrected chi connectivity index (χ4v) is 3.17. The number of hydrogen-bond acceptors (Lipinski definition) is 3. The summed E-state index contributed by atoms with van der Waals surface area (Å²) < 4.78 is 5.26. The number of rotatable bonds is 3. The summed E-state index contributed by atoms with van der Waals surface area (Å²) in [5, 5.41) is 3.50. The van der Waals surface area contributed by atoms with E-state index in [1.54, 1.807) is 7.11 Å². The summed E-state index contributed by atoms with van der Waals surface area (Å²) >= 11 is 0. The quantitative estimate of drug-likeness (QED) is 0.727. The van der Waals surface area contributed by atoms with E-state index >= 15 is 0 Å². The van der Waals surface area contributed by atoms with Gasteiger partial charge in [0.1, 0.15) is 0 Å². The largest absolute Gasteiger partial charge is 0.383 e. The van der Waals surface area contributed by atoms with Crippen molar-refractivity contribution >= 4 is 0 Å². The molecule has 2 aliphatic rings. The lowest BCUT2D eigenvalue weighted by Crippen LogP contribution is -2.51. The fourth-order valence-electron chi connectivity index (χ4n) is 3.17. The van der Waals surface area contributed by atoms with E-state index in [-0.39, 0.29) is 0 Å². The van der Waals surface area contributed by atoms with E-state index in [0.29, 0.717) is 11.6 Å². The molecule has 0 aromatic carbocycles. The monoisotopic (exact) mass is 198 g/mol. The van der Waals surface area contributed by atoms with Gasteiger partial charge in [-0.3, -0.25) is 4.90 Å². The third kappa shape index (κ3) is 1.69. The minimum Gasteiger partial charge on any atom is -0.383 e. The lowest BCUT2D eigenvalue weighted by Gasteiger charge is -2.38. The summed E-state index contributed by atoms with van der Waals surface area (Å²) in [5.74, 6) is 0. The smallest absolute Gasteiger partial charge is 0.0615 e. The molecule has 1 N–H and O–H groups in total. The van der Waals surface area contributed by atoms with Crippen LogP contribution in [0.2, 0.25) is 0 Å². The molecule has 2 atom stereocenters. The van der Waals surface area contributed by atoms with Crippen molar-refractivity contribution in [2.24, 2.45) is 0 Å². The molecular formula is C11H22N2O. The first-order valence-corrected chi connectivity index (χ1v) is 5.75. The van der Waals surface area contributed by atoms with Gasteiger partial charge in [-0.25, -0.2) is 0 Å². The van der Waals surface area contributed by atoms with Gasteiger partial charge in [-0.2, -0.15) is 0 Å². The predicted molar refractivity (Wildman–Crippen MR) is 57.5 cm³/mol. The SMILES string of the molecule is COCC(C)N1CCCC12CCNC2. The van der Waals surface area contributed by atoms with Gasteiger partial charge in [0.25, 0.3) is 0 Å². The van der Waals surface area contributed by atoms with Gasteiger partial charge in [0.05, 0.1) is 6.61 Å². The molecule has 2 heterocycles. The maximum absolute atomic E-state index is 5.26. The molecule has 0 aromatic heterocycles. The van der Waals surface area contributed by atoms with Gasteiger partial charge in [0.2, 0.25) is 0 Å². The topological polar surface area (TPSA) is 24.5 Å². The molecule has 0 aliphatic carbocycles. The van der Waals surface area contributed by atoms with Crippen LogP contribution in [-0.4, -0.2) is 49.8 Å². The molecule has 3 nitrogen and oxygen atoms in total. The van der Waals surface area contributed by atoms with E-state index in [1.165, 1.54) is 38.9 Å². The van der Waals surface area contributed by atoms with Crippen LogP contribution >= 0.6 is 0 Å². The van der Waals surface area contributed by atoms with Crippen LogP contribution < -0.4 is 5.32 Å². The number of hydrogen-bond donors (Lipinski definition) is 1. The van der Waals surface area contributed by atoms with E-state index < -0.39 is 0 Å². The van der Waals surface area contributed by atoms with Gasteiger partial charge in [-0.05, 0) is 39.3 Å². The summed E-state index contributed by atoms with van der Waals surface area (Å²) in [7, 11) is 1.80. The first kappa shape index (κ1) is 10.4. The van der Waals surface area contributed by atoms with Crippen molar-refractivity contribution in [2.45, 2.75) is 37.8 Å². The molecule has 0 amide bonds. The average Bonchev–Trinajstić information content (AvgIpc) is 2.78. The molecule has 0 aromatic rings. The number of ether oxygens (including phenoxy) is 1. The molecule has 2 fully saturated rings. The second-order valence-electron chi connectivity index (χ2n) is 4.75. The molecule has 14 heavy (non-hydrogen) atoms. The van der Waals surface area contributed by atoms with Crippen molar-refractivity contribution in [3.63, 3.8) is 0 Å². The predicted octanol–water partition coefficient (Wildman–Crippen LogP) is 0.849. The lowest BCUT2D eigenvalue weighted by atomic mass is 9.94. The Morgan fingerprint density at radius 3 is 3.00 bits per heavy atom. The summed E-state index contributed by atoms with van der Waals surface area (Å²) in [6.45, 7) is 6.78. The Balaban J connectivity index is 2.02. The molecule has 2 unspecified atom stereocenters. The zero-order valence-electron chi connectivity index (χ0n) is 9.38. The number of likely N-dealkylation sites (tertiary alicyclic amines) is 1. The molecule has 82 valence electrons. The highest BCUT2D eigenvalue weighted by Crippen LogP contribution is 2.35. The maximum atomic E-state index is 5.26. The second kappa shape index (κ2) is 4.17. The number of methoxy groups -OCH3 is 1. The van der Waals surface area contributed by atoms with E-state index in [1.807, 2.05) is 0 Å². The van der Waals surface area contributed by atoms with Crippen molar-refractivity contribution in [1.29, 1.82) is 0 Å². The van der Waals surface area contributed by atoms with Crippen molar-refractivity contribution in [2.75, 3.05) is 33.4 Å². The second-order valence-corrected chi connectivity index (χ2v) is 4.75. The highest BCUT2D eigenvalue weighted by molar-refractivity contribution is 5.03. The Morgan fingerprint density at radius 1 is 1.50 bits per heavy atom. The summed E-state index contributed by atoms with van der Waals surface area (Å²) in [4.78, 5) is 2.66. The van der Waals surface area contributed by atoms with Gasteiger partial charge < -0.3 is 10.1 Å². The van der Waals surface area contributed by atoms with Crippen molar-refractivity contribution in [3.8, 4) is 0 Å². The van der Waals surface area contributed by atoms with E-state index in [9.17, 15) is 0 Å². The highest BCUT2D eigenvalue weighted by Gasteiger charge is 2.44. The van der Waals surface area contributed by atoms with Crippen molar-refractivity contribution < 1.29 is 4.74 Å². The zero-order chi connectivity index (χ0) is 10.0. The Bertz CT molecular complexity index is 184. The number of nitrogens with one attached hydrogen (secondary N) is 1. The van der Waals surface area contributed by atoms with E-state index in [4.69, 9.17) is 4.74 Å². The number of nitrogens with zero attached hydrogens (tertiary/aromatic N) is 1. The van der Waals surface area contributed by atoms with Gasteiger partial charge in [0.15, 0.2) is 0 Å². The summed E-state index contributed by atoms with van der Waals surface area (Å²) in [6.07, 6.45) is 4.05. The maximum Gasteiger partial charge on any atom is 0.0615 e. The molecule has 1 spiro atoms.